The molecule has 1 aliphatic rings. The number of amides is 1. The summed E-state index contributed by atoms with van der Waals surface area (Å²) in [6.07, 6.45) is 6.40. The van der Waals surface area contributed by atoms with Crippen LogP contribution in [0.25, 0.3) is 0 Å². The highest BCUT2D eigenvalue weighted by Gasteiger charge is 2.26. The maximum Gasteiger partial charge on any atom is 0.341 e. The van der Waals surface area contributed by atoms with Crippen molar-refractivity contribution in [1.29, 1.82) is 0 Å². The van der Waals surface area contributed by atoms with Crippen LogP contribution in [0.1, 0.15) is 83.2 Å². The molecule has 0 bridgehead atoms. The first-order valence-corrected chi connectivity index (χ1v) is 10.8. The number of esters is 1. The van der Waals surface area contributed by atoms with Crippen LogP contribution >= 0.6 is 11.3 Å². The Hall–Kier alpha value is -2.14. The van der Waals surface area contributed by atoms with Crippen LogP contribution in [0, 0.1) is 0 Å². The predicted octanol–water partition coefficient (Wildman–Crippen LogP) is 5.74. The topological polar surface area (TPSA) is 55.4 Å². The van der Waals surface area contributed by atoms with Crippen molar-refractivity contribution in [2.24, 2.45) is 0 Å². The van der Waals surface area contributed by atoms with Crippen molar-refractivity contribution in [2.45, 2.75) is 64.7 Å². The Morgan fingerprint density at radius 3 is 2.25 bits per heavy atom. The molecule has 1 amide bonds. The summed E-state index contributed by atoms with van der Waals surface area (Å²) in [5, 5.41) is 3.59. The Morgan fingerprint density at radius 2 is 1.64 bits per heavy atom. The van der Waals surface area contributed by atoms with Crippen molar-refractivity contribution >= 4 is 28.2 Å². The van der Waals surface area contributed by atoms with Gasteiger partial charge in [-0.25, -0.2) is 4.79 Å². The number of anilines is 1. The minimum atomic E-state index is -0.364. The van der Waals surface area contributed by atoms with Crippen molar-refractivity contribution in [3.05, 3.63) is 51.4 Å². The van der Waals surface area contributed by atoms with Crippen LogP contribution in [0.2, 0.25) is 0 Å². The first-order valence-electron chi connectivity index (χ1n) is 9.96. The van der Waals surface area contributed by atoms with Crippen molar-refractivity contribution in [3.8, 4) is 0 Å². The van der Waals surface area contributed by atoms with Crippen LogP contribution in [0.5, 0.6) is 0 Å². The van der Waals surface area contributed by atoms with Gasteiger partial charge >= 0.3 is 5.97 Å². The highest BCUT2D eigenvalue weighted by Crippen LogP contribution is 2.37. The number of carbonyl (C=O) groups is 2. The Balaban J connectivity index is 1.89. The summed E-state index contributed by atoms with van der Waals surface area (Å²) in [5.74, 6) is -0.559. The molecule has 1 aromatic heterocycles. The average molecular weight is 400 g/mol. The van der Waals surface area contributed by atoms with Gasteiger partial charge in [-0.3, -0.25) is 4.79 Å². The molecule has 2 aromatic rings. The van der Waals surface area contributed by atoms with E-state index in [1.165, 1.54) is 41.7 Å². The normalized spacial score (nSPS) is 14.6. The van der Waals surface area contributed by atoms with E-state index in [9.17, 15) is 9.59 Å². The first kappa shape index (κ1) is 20.6. The minimum Gasteiger partial charge on any atom is -0.465 e. The Kier molecular flexibility index (Phi) is 6.23. The Morgan fingerprint density at radius 1 is 1.00 bits per heavy atom. The number of hydrogen-bond acceptors (Lipinski definition) is 4. The number of benzene rings is 1. The van der Waals surface area contributed by atoms with Gasteiger partial charge in [-0.05, 0) is 54.4 Å². The standard InChI is InChI=1S/C23H29NO3S/c1-23(2,3)16-13-11-15(12-14-16)20(25)24-21-19(22(26)27-4)17-9-7-5-6-8-10-18(17)28-21/h11-14H,5-10H2,1-4H3,(H,24,25). The molecule has 0 saturated carbocycles. The van der Waals surface area contributed by atoms with E-state index >= 15 is 0 Å². The quantitative estimate of drug-likeness (QED) is 0.669. The van der Waals surface area contributed by atoms with Crippen LogP contribution < -0.4 is 5.32 Å². The van der Waals surface area contributed by atoms with E-state index < -0.39 is 0 Å². The number of fused-ring (bicyclic) bond motifs is 1. The molecule has 1 N–H and O–H groups in total. The highest BCUT2D eigenvalue weighted by atomic mass is 32.1. The lowest BCUT2D eigenvalue weighted by Gasteiger charge is -2.19. The molecule has 0 radical (unpaired) electrons. The van der Waals surface area contributed by atoms with Gasteiger partial charge < -0.3 is 10.1 Å². The summed E-state index contributed by atoms with van der Waals surface area (Å²) in [6, 6.07) is 7.67. The number of aryl methyl sites for hydroxylation is 1. The summed E-state index contributed by atoms with van der Waals surface area (Å²) in [6.45, 7) is 6.43. The van der Waals surface area contributed by atoms with Gasteiger partial charge in [-0.15, -0.1) is 11.3 Å². The van der Waals surface area contributed by atoms with Gasteiger partial charge in [-0.2, -0.15) is 0 Å². The molecule has 0 unspecified atom stereocenters. The fourth-order valence-corrected chi connectivity index (χ4v) is 4.89. The molecule has 1 aromatic carbocycles. The zero-order valence-electron chi connectivity index (χ0n) is 17.2. The van der Waals surface area contributed by atoms with Gasteiger partial charge in [0.2, 0.25) is 0 Å². The minimum absolute atomic E-state index is 0.0386. The van der Waals surface area contributed by atoms with E-state index in [4.69, 9.17) is 4.74 Å². The molecule has 28 heavy (non-hydrogen) atoms. The molecule has 150 valence electrons. The predicted molar refractivity (Wildman–Crippen MR) is 115 cm³/mol. The van der Waals surface area contributed by atoms with E-state index in [0.717, 1.165) is 31.2 Å². The summed E-state index contributed by atoms with van der Waals surface area (Å²) in [4.78, 5) is 26.5. The zero-order valence-corrected chi connectivity index (χ0v) is 18.0. The van der Waals surface area contributed by atoms with Crippen LogP contribution in [-0.4, -0.2) is 19.0 Å². The van der Waals surface area contributed by atoms with Gasteiger partial charge in [0.05, 0.1) is 12.7 Å². The number of nitrogens with one attached hydrogen (secondary N) is 1. The second-order valence-electron chi connectivity index (χ2n) is 8.40. The molecule has 4 nitrogen and oxygen atoms in total. The van der Waals surface area contributed by atoms with Crippen LogP contribution in [0.3, 0.4) is 0 Å². The smallest absolute Gasteiger partial charge is 0.341 e. The Labute approximate surface area is 171 Å². The molecule has 0 spiro atoms. The van der Waals surface area contributed by atoms with Crippen molar-refractivity contribution in [1.82, 2.24) is 0 Å². The van der Waals surface area contributed by atoms with Gasteiger partial charge in [0, 0.05) is 10.4 Å². The average Bonchev–Trinajstić information content (AvgIpc) is 2.96. The third kappa shape index (κ3) is 4.46. The third-order valence-electron chi connectivity index (χ3n) is 5.30. The van der Waals surface area contributed by atoms with Gasteiger partial charge in [0.15, 0.2) is 0 Å². The zero-order chi connectivity index (χ0) is 20.3. The lowest BCUT2D eigenvalue weighted by Crippen LogP contribution is -2.16. The molecular weight excluding hydrogens is 370 g/mol. The number of rotatable bonds is 3. The molecular formula is C23H29NO3S. The fraction of sp³-hybridized carbons (Fsp3) is 0.478. The maximum absolute atomic E-state index is 12.8. The van der Waals surface area contributed by atoms with E-state index in [1.807, 2.05) is 24.3 Å². The number of methoxy groups -OCH3 is 1. The fourth-order valence-electron chi connectivity index (χ4n) is 3.62. The van der Waals surface area contributed by atoms with Gasteiger partial charge in [-0.1, -0.05) is 45.7 Å². The molecule has 1 aliphatic carbocycles. The molecule has 0 fully saturated rings. The summed E-state index contributed by atoms with van der Waals surface area (Å²) in [7, 11) is 1.39. The van der Waals surface area contributed by atoms with E-state index in [-0.39, 0.29) is 17.3 Å². The van der Waals surface area contributed by atoms with Crippen molar-refractivity contribution in [3.63, 3.8) is 0 Å². The first-order chi connectivity index (χ1) is 13.3. The lowest BCUT2D eigenvalue weighted by atomic mass is 9.87. The van der Waals surface area contributed by atoms with Gasteiger partial charge in [0.1, 0.15) is 5.00 Å². The molecule has 5 heteroatoms. The van der Waals surface area contributed by atoms with Crippen LogP contribution in [0.4, 0.5) is 5.00 Å². The van der Waals surface area contributed by atoms with E-state index in [2.05, 4.69) is 26.1 Å². The molecule has 0 aliphatic heterocycles. The monoisotopic (exact) mass is 399 g/mol. The highest BCUT2D eigenvalue weighted by molar-refractivity contribution is 7.17. The molecule has 0 saturated heterocycles. The Bertz CT molecular complexity index is 859. The molecule has 3 rings (SSSR count). The second kappa shape index (κ2) is 8.48. The van der Waals surface area contributed by atoms with Crippen molar-refractivity contribution < 1.29 is 14.3 Å². The maximum atomic E-state index is 12.8. The third-order valence-corrected chi connectivity index (χ3v) is 6.51. The number of hydrogen-bond donors (Lipinski definition) is 1. The van der Waals surface area contributed by atoms with Crippen LogP contribution in [-0.2, 0) is 23.0 Å². The molecule has 1 heterocycles. The van der Waals surface area contributed by atoms with Crippen LogP contribution in [0.15, 0.2) is 24.3 Å². The summed E-state index contributed by atoms with van der Waals surface area (Å²) < 4.78 is 5.03. The number of thiophene rings is 1. The SMILES string of the molecule is COC(=O)c1c(NC(=O)c2ccc(C(C)(C)C)cc2)sc2c1CCCCCC2. The van der Waals surface area contributed by atoms with E-state index in [1.54, 1.807) is 0 Å². The largest absolute Gasteiger partial charge is 0.465 e. The summed E-state index contributed by atoms with van der Waals surface area (Å²) in [5.41, 5.74) is 3.42. The number of ether oxygens (including phenoxy) is 1. The summed E-state index contributed by atoms with van der Waals surface area (Å²) >= 11 is 1.53. The van der Waals surface area contributed by atoms with E-state index in [0.29, 0.717) is 16.1 Å². The number of carbonyl (C=O) groups excluding carboxylic acids is 2. The lowest BCUT2D eigenvalue weighted by molar-refractivity contribution is 0.0601. The molecule has 0 atom stereocenters. The van der Waals surface area contributed by atoms with Gasteiger partial charge in [0.25, 0.3) is 5.91 Å². The van der Waals surface area contributed by atoms with Crippen molar-refractivity contribution in [2.75, 3.05) is 12.4 Å². The second-order valence-corrected chi connectivity index (χ2v) is 9.50.